The summed E-state index contributed by atoms with van der Waals surface area (Å²) in [5, 5.41) is 3.32. The molecule has 1 N–H and O–H groups in total. The van der Waals surface area contributed by atoms with Crippen LogP contribution in [-0.2, 0) is 13.0 Å². The van der Waals surface area contributed by atoms with Gasteiger partial charge in [-0.25, -0.2) is 0 Å². The Labute approximate surface area is 137 Å². The summed E-state index contributed by atoms with van der Waals surface area (Å²) in [6.07, 6.45) is 1.00. The number of nitrogens with one attached hydrogen (secondary N) is 1. The van der Waals surface area contributed by atoms with E-state index in [-0.39, 0.29) is 18.3 Å². The van der Waals surface area contributed by atoms with E-state index in [1.807, 2.05) is 48.2 Å². The van der Waals surface area contributed by atoms with Gasteiger partial charge in [0, 0.05) is 30.9 Å². The highest BCUT2D eigenvalue weighted by Gasteiger charge is 2.17. The molecule has 116 valence electrons. The van der Waals surface area contributed by atoms with Crippen LogP contribution in [0.2, 0.25) is 0 Å². The van der Waals surface area contributed by atoms with Gasteiger partial charge in [-0.2, -0.15) is 0 Å². The molecule has 4 heteroatoms. The average Bonchev–Trinajstić information content (AvgIpc) is 3.00. The van der Waals surface area contributed by atoms with E-state index >= 15 is 0 Å². The van der Waals surface area contributed by atoms with Crippen molar-refractivity contribution in [2.45, 2.75) is 19.9 Å². The summed E-state index contributed by atoms with van der Waals surface area (Å²) in [5.74, 6) is 0.107. The highest BCUT2D eigenvalue weighted by molar-refractivity contribution is 5.95. The third kappa shape index (κ3) is 3.42. The molecule has 0 saturated heterocycles. The summed E-state index contributed by atoms with van der Waals surface area (Å²) in [6.45, 7) is 4.36. The largest absolute Gasteiger partial charge is 0.384 e. The fourth-order valence-corrected chi connectivity index (χ4v) is 2.75. The van der Waals surface area contributed by atoms with Crippen molar-refractivity contribution < 1.29 is 4.79 Å². The number of nitrogens with zero attached hydrogens (tertiary/aromatic N) is 1. The maximum absolute atomic E-state index is 12.7. The molecule has 1 aliphatic rings. The number of carbonyl (C=O) groups is 1. The minimum absolute atomic E-state index is 0. The number of halogens is 1. The van der Waals surface area contributed by atoms with Crippen molar-refractivity contribution in [2.75, 3.05) is 18.4 Å². The summed E-state index contributed by atoms with van der Waals surface area (Å²) in [4.78, 5) is 14.6. The summed E-state index contributed by atoms with van der Waals surface area (Å²) < 4.78 is 0. The first-order valence-electron chi connectivity index (χ1n) is 7.48. The van der Waals surface area contributed by atoms with Crippen LogP contribution in [0.4, 0.5) is 5.69 Å². The van der Waals surface area contributed by atoms with E-state index in [2.05, 4.69) is 17.4 Å². The van der Waals surface area contributed by atoms with Crippen LogP contribution in [0, 0.1) is 0 Å². The zero-order valence-corrected chi connectivity index (χ0v) is 13.5. The lowest BCUT2D eigenvalue weighted by Crippen LogP contribution is -2.30. The molecule has 0 aliphatic carbocycles. The second-order valence-electron chi connectivity index (χ2n) is 5.35. The van der Waals surface area contributed by atoms with Crippen LogP contribution in [0.25, 0.3) is 0 Å². The Balaban J connectivity index is 0.00000176. The van der Waals surface area contributed by atoms with Crippen LogP contribution in [-0.4, -0.2) is 23.9 Å². The first-order valence-corrected chi connectivity index (χ1v) is 7.48. The molecule has 0 bridgehead atoms. The molecule has 0 spiro atoms. The van der Waals surface area contributed by atoms with Gasteiger partial charge < -0.3 is 10.2 Å². The SMILES string of the molecule is CCN(Cc1ccccc1)C(=O)c1ccc2c(c1)CCN2.Cl. The van der Waals surface area contributed by atoms with E-state index in [4.69, 9.17) is 0 Å². The van der Waals surface area contributed by atoms with Gasteiger partial charge in [-0.1, -0.05) is 30.3 Å². The number of amides is 1. The smallest absolute Gasteiger partial charge is 0.254 e. The lowest BCUT2D eigenvalue weighted by Gasteiger charge is -2.21. The predicted octanol–water partition coefficient (Wildman–Crippen LogP) is 3.74. The van der Waals surface area contributed by atoms with E-state index in [1.54, 1.807) is 0 Å². The van der Waals surface area contributed by atoms with Gasteiger partial charge in [0.15, 0.2) is 0 Å². The number of benzene rings is 2. The van der Waals surface area contributed by atoms with Gasteiger partial charge in [-0.15, -0.1) is 12.4 Å². The molecule has 2 aromatic carbocycles. The number of fused-ring (bicyclic) bond motifs is 1. The third-order valence-electron chi connectivity index (χ3n) is 3.95. The van der Waals surface area contributed by atoms with Crippen LogP contribution >= 0.6 is 12.4 Å². The van der Waals surface area contributed by atoms with Crippen LogP contribution in [0.1, 0.15) is 28.4 Å². The maximum Gasteiger partial charge on any atom is 0.254 e. The Morgan fingerprint density at radius 1 is 1.18 bits per heavy atom. The Kier molecular flexibility index (Phi) is 5.45. The first-order chi connectivity index (χ1) is 10.3. The zero-order valence-electron chi connectivity index (χ0n) is 12.7. The Morgan fingerprint density at radius 3 is 2.68 bits per heavy atom. The molecule has 22 heavy (non-hydrogen) atoms. The summed E-state index contributed by atoms with van der Waals surface area (Å²) in [6, 6.07) is 16.1. The molecular weight excluding hydrogens is 296 g/mol. The number of carbonyl (C=O) groups excluding carboxylic acids is 1. The standard InChI is InChI=1S/C18H20N2O.ClH/c1-2-20(13-14-6-4-3-5-7-14)18(21)16-8-9-17-15(12-16)10-11-19-17;/h3-9,12,19H,2,10-11,13H2,1H3;1H. The van der Waals surface area contributed by atoms with E-state index in [0.29, 0.717) is 13.1 Å². The van der Waals surface area contributed by atoms with Gasteiger partial charge in [0.05, 0.1) is 0 Å². The molecular formula is C18H21ClN2O. The fourth-order valence-electron chi connectivity index (χ4n) is 2.75. The number of hydrogen-bond donors (Lipinski definition) is 1. The molecule has 0 fully saturated rings. The van der Waals surface area contributed by atoms with Crippen molar-refractivity contribution >= 4 is 24.0 Å². The van der Waals surface area contributed by atoms with Gasteiger partial charge in [0.25, 0.3) is 5.91 Å². The van der Waals surface area contributed by atoms with Crippen molar-refractivity contribution in [2.24, 2.45) is 0 Å². The van der Waals surface area contributed by atoms with Crippen LogP contribution in [0.3, 0.4) is 0 Å². The lowest BCUT2D eigenvalue weighted by molar-refractivity contribution is 0.0752. The number of anilines is 1. The Hall–Kier alpha value is -2.00. The predicted molar refractivity (Wildman–Crippen MR) is 92.7 cm³/mol. The molecule has 0 atom stereocenters. The Bertz CT molecular complexity index is 643. The van der Waals surface area contributed by atoms with E-state index in [0.717, 1.165) is 29.8 Å². The van der Waals surface area contributed by atoms with Crippen molar-refractivity contribution in [3.05, 3.63) is 65.2 Å². The fraction of sp³-hybridized carbons (Fsp3) is 0.278. The molecule has 3 nitrogen and oxygen atoms in total. The highest BCUT2D eigenvalue weighted by Crippen LogP contribution is 2.23. The van der Waals surface area contributed by atoms with Gasteiger partial charge in [0.2, 0.25) is 0 Å². The lowest BCUT2D eigenvalue weighted by atomic mass is 10.1. The van der Waals surface area contributed by atoms with Crippen LogP contribution in [0.15, 0.2) is 48.5 Å². The van der Waals surface area contributed by atoms with Crippen LogP contribution in [0.5, 0.6) is 0 Å². The van der Waals surface area contributed by atoms with Crippen molar-refractivity contribution in [1.29, 1.82) is 0 Å². The van der Waals surface area contributed by atoms with Gasteiger partial charge in [-0.3, -0.25) is 4.79 Å². The number of rotatable bonds is 4. The average molecular weight is 317 g/mol. The molecule has 0 aromatic heterocycles. The molecule has 0 radical (unpaired) electrons. The number of hydrogen-bond acceptors (Lipinski definition) is 2. The minimum Gasteiger partial charge on any atom is -0.384 e. The summed E-state index contributed by atoms with van der Waals surface area (Å²) in [7, 11) is 0. The maximum atomic E-state index is 12.7. The molecule has 1 aliphatic heterocycles. The molecule has 0 saturated carbocycles. The highest BCUT2D eigenvalue weighted by atomic mass is 35.5. The molecule has 2 aromatic rings. The molecule has 0 unspecified atom stereocenters. The molecule has 1 amide bonds. The topological polar surface area (TPSA) is 32.3 Å². The van der Waals surface area contributed by atoms with E-state index < -0.39 is 0 Å². The monoisotopic (exact) mass is 316 g/mol. The molecule has 1 heterocycles. The molecule has 3 rings (SSSR count). The van der Waals surface area contributed by atoms with Gasteiger partial charge in [-0.05, 0) is 42.7 Å². The second-order valence-corrected chi connectivity index (χ2v) is 5.35. The third-order valence-corrected chi connectivity index (χ3v) is 3.95. The van der Waals surface area contributed by atoms with E-state index in [9.17, 15) is 4.79 Å². The minimum atomic E-state index is 0. The van der Waals surface area contributed by atoms with E-state index in [1.165, 1.54) is 5.56 Å². The van der Waals surface area contributed by atoms with Gasteiger partial charge >= 0.3 is 0 Å². The van der Waals surface area contributed by atoms with Crippen LogP contribution < -0.4 is 5.32 Å². The summed E-state index contributed by atoms with van der Waals surface area (Å²) in [5.41, 5.74) is 4.36. The summed E-state index contributed by atoms with van der Waals surface area (Å²) >= 11 is 0. The van der Waals surface area contributed by atoms with Crippen molar-refractivity contribution in [1.82, 2.24) is 4.90 Å². The van der Waals surface area contributed by atoms with Crippen molar-refractivity contribution in [3.8, 4) is 0 Å². The quantitative estimate of drug-likeness (QED) is 0.932. The first kappa shape index (κ1) is 16.4. The normalized spacial score (nSPS) is 12.0. The second kappa shape index (κ2) is 7.32. The zero-order chi connectivity index (χ0) is 14.7. The van der Waals surface area contributed by atoms with Crippen molar-refractivity contribution in [3.63, 3.8) is 0 Å². The Morgan fingerprint density at radius 2 is 1.95 bits per heavy atom. The van der Waals surface area contributed by atoms with Gasteiger partial charge in [0.1, 0.15) is 0 Å².